The Morgan fingerprint density at radius 2 is 1.03 bits per heavy atom. The molecule has 0 spiro atoms. The van der Waals surface area contributed by atoms with Crippen LogP contribution in [0.25, 0.3) is 0 Å². The molecule has 1 saturated carbocycles. The number of benzene rings is 4. The fraction of sp³-hybridized carbons (Fsp3) is 0.294. The molecule has 36 heavy (non-hydrogen) atoms. The smallest absolute Gasteiger partial charge is 0.116 e. The van der Waals surface area contributed by atoms with E-state index < -0.39 is 7.26 Å². The van der Waals surface area contributed by atoms with E-state index in [-0.39, 0.29) is 17.0 Å². The van der Waals surface area contributed by atoms with E-state index in [1.807, 2.05) is 0 Å². The second-order valence-electron chi connectivity index (χ2n) is 10.2. The van der Waals surface area contributed by atoms with Gasteiger partial charge in [-0.15, -0.1) is 0 Å². The van der Waals surface area contributed by atoms with Gasteiger partial charge in [0, 0.05) is 0 Å². The van der Waals surface area contributed by atoms with Crippen molar-refractivity contribution >= 4 is 23.2 Å². The lowest BCUT2D eigenvalue weighted by Crippen LogP contribution is -3.00. The summed E-state index contributed by atoms with van der Waals surface area (Å²) >= 11 is 0. The Kier molecular flexibility index (Phi) is 9.58. The molecule has 2 heteroatoms. The molecule has 1 aliphatic rings. The fourth-order valence-corrected chi connectivity index (χ4v) is 10.4. The molecule has 0 bridgehead atoms. The van der Waals surface area contributed by atoms with E-state index in [9.17, 15) is 0 Å². The minimum absolute atomic E-state index is 0. The van der Waals surface area contributed by atoms with E-state index >= 15 is 0 Å². The summed E-state index contributed by atoms with van der Waals surface area (Å²) in [5, 5.41) is 4.36. The van der Waals surface area contributed by atoms with Gasteiger partial charge in [0.25, 0.3) is 0 Å². The van der Waals surface area contributed by atoms with E-state index in [1.54, 1.807) is 5.56 Å². The Morgan fingerprint density at radius 3 is 1.44 bits per heavy atom. The fourth-order valence-electron chi connectivity index (χ4n) is 6.13. The molecule has 0 saturated heterocycles. The Balaban J connectivity index is 0.00000304. The summed E-state index contributed by atoms with van der Waals surface area (Å²) in [7, 11) is -1.84. The molecule has 0 aromatic heterocycles. The molecule has 0 aliphatic heterocycles. The maximum atomic E-state index is 2.44. The monoisotopic (exact) mass is 556 g/mol. The number of rotatable bonds is 8. The Hall–Kier alpha value is -2.21. The Bertz CT molecular complexity index is 1070. The summed E-state index contributed by atoms with van der Waals surface area (Å²) in [4.78, 5) is 0. The van der Waals surface area contributed by atoms with Crippen LogP contribution in [0.15, 0.2) is 115 Å². The number of hydrogen-bond acceptors (Lipinski definition) is 0. The van der Waals surface area contributed by atoms with Crippen LogP contribution in [0.1, 0.15) is 62.5 Å². The molecule has 186 valence electrons. The van der Waals surface area contributed by atoms with Crippen LogP contribution < -0.4 is 32.9 Å². The zero-order valence-electron chi connectivity index (χ0n) is 21.4. The van der Waals surface area contributed by atoms with Crippen molar-refractivity contribution in [2.45, 2.75) is 57.5 Å². The highest BCUT2D eigenvalue weighted by molar-refractivity contribution is 7.95. The average Bonchev–Trinajstić information content (AvgIpc) is 2.94. The van der Waals surface area contributed by atoms with Gasteiger partial charge in [-0.3, -0.25) is 0 Å². The molecular weight excluding hydrogens is 519 g/mol. The van der Waals surface area contributed by atoms with Gasteiger partial charge in [0.2, 0.25) is 0 Å². The largest absolute Gasteiger partial charge is 1.00 e. The maximum Gasteiger partial charge on any atom is 0.116 e. The van der Waals surface area contributed by atoms with Crippen molar-refractivity contribution in [3.05, 3.63) is 126 Å². The second-order valence-corrected chi connectivity index (χ2v) is 13.7. The second kappa shape index (κ2) is 12.8. The first-order valence-electron chi connectivity index (χ1n) is 13.4. The van der Waals surface area contributed by atoms with Crippen molar-refractivity contribution in [2.24, 2.45) is 5.92 Å². The highest BCUT2D eigenvalue weighted by Gasteiger charge is 2.45. The SMILES string of the molecule is CCCC1CCC(c2ccc(C[P+](c3ccccc3)(c3ccccc3)c3ccccc3)cc2)CC1.[Br-]. The predicted octanol–water partition coefficient (Wildman–Crippen LogP) is 5.26. The molecular formula is C34H38BrP. The minimum Gasteiger partial charge on any atom is -1.00 e. The van der Waals surface area contributed by atoms with Crippen molar-refractivity contribution in [3.63, 3.8) is 0 Å². The van der Waals surface area contributed by atoms with Crippen LogP contribution in [0.2, 0.25) is 0 Å². The first-order valence-corrected chi connectivity index (χ1v) is 15.4. The lowest BCUT2D eigenvalue weighted by Gasteiger charge is -2.29. The van der Waals surface area contributed by atoms with Crippen LogP contribution in [-0.2, 0) is 6.16 Å². The highest BCUT2D eigenvalue weighted by atomic mass is 79.9. The zero-order chi connectivity index (χ0) is 23.9. The molecule has 0 unspecified atom stereocenters. The normalized spacial score (nSPS) is 17.8. The van der Waals surface area contributed by atoms with Gasteiger partial charge in [-0.25, -0.2) is 0 Å². The summed E-state index contributed by atoms with van der Waals surface area (Å²) < 4.78 is 0. The summed E-state index contributed by atoms with van der Waals surface area (Å²) in [5.41, 5.74) is 2.99. The maximum absolute atomic E-state index is 2.44. The van der Waals surface area contributed by atoms with E-state index in [1.165, 1.54) is 60.0 Å². The van der Waals surface area contributed by atoms with Crippen molar-refractivity contribution in [1.29, 1.82) is 0 Å². The van der Waals surface area contributed by atoms with Gasteiger partial charge in [0.05, 0.1) is 6.16 Å². The average molecular weight is 558 g/mol. The van der Waals surface area contributed by atoms with Gasteiger partial charge in [0.1, 0.15) is 23.2 Å². The van der Waals surface area contributed by atoms with Crippen molar-refractivity contribution in [1.82, 2.24) is 0 Å². The third kappa shape index (κ3) is 5.85. The van der Waals surface area contributed by atoms with Gasteiger partial charge in [-0.1, -0.05) is 98.6 Å². The molecule has 0 atom stereocenters. The zero-order valence-corrected chi connectivity index (χ0v) is 23.9. The van der Waals surface area contributed by atoms with E-state index in [2.05, 4.69) is 122 Å². The quantitative estimate of drug-likeness (QED) is 0.260. The molecule has 0 nitrogen and oxygen atoms in total. The standard InChI is InChI=1S/C34H38P.BrH/c1-2-12-28-19-23-30(24-20-28)31-25-21-29(22-26-31)27-35(32-13-6-3-7-14-32,33-15-8-4-9-16-33)34-17-10-5-11-18-34;/h3-11,13-18,21-22,25-26,28,30H,2,12,19-20,23-24,27H2,1H3;1H/q+1;/p-1. The highest BCUT2D eigenvalue weighted by Crippen LogP contribution is 2.58. The van der Waals surface area contributed by atoms with Crippen molar-refractivity contribution in [2.75, 3.05) is 0 Å². The molecule has 1 fully saturated rings. The molecule has 0 heterocycles. The van der Waals surface area contributed by atoms with Gasteiger partial charge >= 0.3 is 0 Å². The third-order valence-electron chi connectivity index (χ3n) is 8.01. The van der Waals surface area contributed by atoms with Crippen LogP contribution in [0, 0.1) is 5.92 Å². The molecule has 0 N–H and O–H groups in total. The van der Waals surface area contributed by atoms with Crippen LogP contribution in [0.3, 0.4) is 0 Å². The summed E-state index contributed by atoms with van der Waals surface area (Å²) in [5.74, 6) is 1.71. The van der Waals surface area contributed by atoms with Gasteiger partial charge < -0.3 is 17.0 Å². The predicted molar refractivity (Wildman–Crippen MR) is 155 cm³/mol. The minimum atomic E-state index is -1.84. The topological polar surface area (TPSA) is 0 Å². The number of hydrogen-bond donors (Lipinski definition) is 0. The van der Waals surface area contributed by atoms with Crippen molar-refractivity contribution < 1.29 is 17.0 Å². The number of halogens is 1. The summed E-state index contributed by atoms with van der Waals surface area (Å²) in [6.45, 7) is 2.33. The molecule has 4 aromatic rings. The van der Waals surface area contributed by atoms with Gasteiger partial charge in [0.15, 0.2) is 0 Å². The first kappa shape index (κ1) is 26.8. The van der Waals surface area contributed by atoms with Crippen LogP contribution in [-0.4, -0.2) is 0 Å². The van der Waals surface area contributed by atoms with Crippen LogP contribution >= 0.6 is 7.26 Å². The first-order chi connectivity index (χ1) is 17.3. The van der Waals surface area contributed by atoms with Gasteiger partial charge in [-0.2, -0.15) is 0 Å². The summed E-state index contributed by atoms with van der Waals surface area (Å²) in [6, 6.07) is 43.4. The molecule has 0 amide bonds. The van der Waals surface area contributed by atoms with Crippen LogP contribution in [0.4, 0.5) is 0 Å². The van der Waals surface area contributed by atoms with E-state index in [0.717, 1.165) is 18.0 Å². The summed E-state index contributed by atoms with van der Waals surface area (Å²) in [6.07, 6.45) is 9.33. The molecule has 0 radical (unpaired) electrons. The molecule has 5 rings (SSSR count). The third-order valence-corrected chi connectivity index (χ3v) is 12.4. The van der Waals surface area contributed by atoms with Crippen molar-refractivity contribution in [3.8, 4) is 0 Å². The molecule has 4 aromatic carbocycles. The lowest BCUT2D eigenvalue weighted by atomic mass is 9.77. The van der Waals surface area contributed by atoms with Gasteiger partial charge in [-0.05, 0) is 85.0 Å². The van der Waals surface area contributed by atoms with E-state index in [0.29, 0.717) is 0 Å². The van der Waals surface area contributed by atoms with E-state index in [4.69, 9.17) is 0 Å². The Labute approximate surface area is 229 Å². The van der Waals surface area contributed by atoms with Crippen LogP contribution in [0.5, 0.6) is 0 Å². The Morgan fingerprint density at radius 1 is 0.583 bits per heavy atom. The lowest BCUT2D eigenvalue weighted by molar-refractivity contribution is -0.00000700. The molecule has 1 aliphatic carbocycles.